The van der Waals surface area contributed by atoms with Gasteiger partial charge in [0.05, 0.1) is 0 Å². The van der Waals surface area contributed by atoms with Crippen molar-refractivity contribution in [3.8, 4) is 28.7 Å². The van der Waals surface area contributed by atoms with E-state index in [1.807, 2.05) is 48.5 Å². The number of hydrogen-bond donors (Lipinski definition) is 5. The minimum absolute atomic E-state index is 0. The van der Waals surface area contributed by atoms with Crippen LogP contribution in [0.15, 0.2) is 72.8 Å². The molecule has 0 aliphatic carbocycles. The van der Waals surface area contributed by atoms with Crippen molar-refractivity contribution in [2.45, 2.75) is 48.5 Å². The molecule has 5 aromatic carbocycles. The van der Waals surface area contributed by atoms with Crippen molar-refractivity contribution in [3.05, 3.63) is 148 Å². The van der Waals surface area contributed by atoms with Crippen molar-refractivity contribution in [2.75, 3.05) is 0 Å². The number of phenolic OH excluding ortho intramolecular Hbond substituents is 5. The van der Waals surface area contributed by atoms with Crippen LogP contribution in [0.25, 0.3) is 0 Å². The first-order valence-electron chi connectivity index (χ1n) is 13.1. The molecule has 5 aromatic rings. The molecule has 0 atom stereocenters. The van der Waals surface area contributed by atoms with E-state index in [0.29, 0.717) is 23.0 Å². The summed E-state index contributed by atoms with van der Waals surface area (Å²) < 4.78 is 0. The SMILES string of the molecule is Cc1[c-]cc(C)c(O)c1.Cc1[c-]ccc(O)c1C.Cc1[c-]cccc1O.Cc1c[c-]c[c-]c1O.Cc1c[c-]ccc1O.[Y].[Y].[Y].[Y].[Y].[Y]. The quantitative estimate of drug-likeness (QED) is 0.102. The summed E-state index contributed by atoms with van der Waals surface area (Å²) in [5.74, 6) is 1.57. The third kappa shape index (κ3) is 27.3. The number of hydrogen-bond acceptors (Lipinski definition) is 5. The van der Waals surface area contributed by atoms with Crippen LogP contribution in [0.1, 0.15) is 38.9 Å². The molecular formula is C37H38O5Y6-6. The van der Waals surface area contributed by atoms with E-state index in [1.165, 1.54) is 0 Å². The van der Waals surface area contributed by atoms with E-state index in [9.17, 15) is 0 Å². The van der Waals surface area contributed by atoms with E-state index in [1.54, 1.807) is 72.8 Å². The van der Waals surface area contributed by atoms with Gasteiger partial charge in [-0.3, -0.25) is 6.07 Å². The molecule has 48 heavy (non-hydrogen) atoms. The summed E-state index contributed by atoms with van der Waals surface area (Å²) in [6.45, 7) is 13.0. The Morgan fingerprint density at radius 1 is 0.458 bits per heavy atom. The minimum atomic E-state index is 0. The zero-order valence-electron chi connectivity index (χ0n) is 28.6. The van der Waals surface area contributed by atoms with Crippen molar-refractivity contribution in [1.82, 2.24) is 0 Å². The van der Waals surface area contributed by atoms with Crippen LogP contribution in [0.4, 0.5) is 0 Å². The van der Waals surface area contributed by atoms with Gasteiger partial charge in [0, 0.05) is 219 Å². The molecule has 0 saturated heterocycles. The molecule has 0 aliphatic rings. The Hall–Kier alpha value is 1.72. The van der Waals surface area contributed by atoms with Gasteiger partial charge in [0.1, 0.15) is 0 Å². The average Bonchev–Trinajstić information content (AvgIpc) is 2.96. The fourth-order valence-electron chi connectivity index (χ4n) is 2.80. The van der Waals surface area contributed by atoms with Crippen molar-refractivity contribution >= 4 is 0 Å². The summed E-state index contributed by atoms with van der Waals surface area (Å²) in [5.41, 5.74) is 6.25. The fraction of sp³-hybridized carbons (Fsp3) is 0.189. The molecule has 240 valence electrons. The first kappa shape index (κ1) is 61.7. The van der Waals surface area contributed by atoms with E-state index < -0.39 is 0 Å². The second kappa shape index (κ2) is 35.7. The van der Waals surface area contributed by atoms with Crippen LogP contribution in [-0.2, 0) is 196 Å². The first-order valence-corrected chi connectivity index (χ1v) is 13.1. The van der Waals surface area contributed by atoms with E-state index in [0.717, 1.165) is 38.9 Å². The molecule has 5 N–H and O–H groups in total. The van der Waals surface area contributed by atoms with Gasteiger partial charge in [-0.25, -0.2) is 5.56 Å². The van der Waals surface area contributed by atoms with Crippen LogP contribution >= 0.6 is 0 Å². The largest absolute Gasteiger partial charge is 0.565 e. The maximum Gasteiger partial charge on any atom is 0.0113 e. The van der Waals surface area contributed by atoms with Crippen LogP contribution in [-0.4, -0.2) is 25.5 Å². The summed E-state index contributed by atoms with van der Waals surface area (Å²) >= 11 is 0. The van der Waals surface area contributed by atoms with Gasteiger partial charge >= 0.3 is 0 Å². The van der Waals surface area contributed by atoms with Crippen LogP contribution in [0.3, 0.4) is 0 Å². The topological polar surface area (TPSA) is 101 Å². The van der Waals surface area contributed by atoms with Crippen LogP contribution in [0.5, 0.6) is 28.7 Å². The standard InChI is InChI=1S/2C8H9O.2C7H7O.C7H6O.6Y/c1-6-3-4-7(2)8(9)5-6;1-6-4-3-5-8(9)7(6)2;3*1-6-4-2-3-5-7(6)8;;;;;;/h4-5,9H,1-2H3;3,5,9H,1-2H3;3-5,8H,1H3;2-3,5,8H,1H3;3-4,8H,1H3;;;;;;/q4*-1;-2;;;;;;. The van der Waals surface area contributed by atoms with E-state index >= 15 is 0 Å². The number of benzene rings is 5. The van der Waals surface area contributed by atoms with Gasteiger partial charge in [0.15, 0.2) is 0 Å². The molecule has 0 aliphatic heterocycles. The van der Waals surface area contributed by atoms with Gasteiger partial charge in [0.25, 0.3) is 0 Å². The number of aromatic hydroxyl groups is 5. The van der Waals surface area contributed by atoms with Gasteiger partial charge in [-0.2, -0.15) is 71.8 Å². The molecular weight excluding hydrogens is 1060 g/mol. The first-order chi connectivity index (χ1) is 19.8. The Kier molecular flexibility index (Phi) is 46.0. The van der Waals surface area contributed by atoms with Gasteiger partial charge in [0.2, 0.25) is 0 Å². The Morgan fingerprint density at radius 2 is 1.00 bits per heavy atom. The third-order valence-corrected chi connectivity index (χ3v) is 5.80. The Labute approximate surface area is 439 Å². The number of phenols is 5. The smallest absolute Gasteiger partial charge is 0.0113 e. The van der Waals surface area contributed by atoms with E-state index in [2.05, 4.69) is 36.4 Å². The van der Waals surface area contributed by atoms with Gasteiger partial charge < -0.3 is 43.7 Å². The summed E-state index contributed by atoms with van der Waals surface area (Å²) in [4.78, 5) is 0. The summed E-state index contributed by atoms with van der Waals surface area (Å²) in [6.07, 6.45) is 0. The average molecular weight is 1100 g/mol. The second-order valence-corrected chi connectivity index (χ2v) is 9.32. The third-order valence-electron chi connectivity index (χ3n) is 5.80. The monoisotopic (exact) mass is 1100 g/mol. The molecule has 5 nitrogen and oxygen atoms in total. The molecule has 11 heteroatoms. The number of rotatable bonds is 0. The van der Waals surface area contributed by atoms with Crippen LogP contribution in [0.2, 0.25) is 0 Å². The Morgan fingerprint density at radius 3 is 1.35 bits per heavy atom. The van der Waals surface area contributed by atoms with E-state index in [4.69, 9.17) is 25.5 Å². The predicted molar refractivity (Wildman–Crippen MR) is 167 cm³/mol. The second-order valence-electron chi connectivity index (χ2n) is 9.32. The van der Waals surface area contributed by atoms with Crippen molar-refractivity contribution in [1.29, 1.82) is 0 Å². The predicted octanol–water partition coefficient (Wildman–Crippen LogP) is 7.91. The zero-order chi connectivity index (χ0) is 31.7. The molecule has 6 radical (unpaired) electrons. The van der Waals surface area contributed by atoms with Gasteiger partial charge in [-0.05, 0) is 0 Å². The number of aryl methyl sites for hydroxylation is 6. The molecule has 0 amide bonds. The summed E-state index contributed by atoms with van der Waals surface area (Å²) in [7, 11) is 0. The van der Waals surface area contributed by atoms with Crippen molar-refractivity contribution in [2.24, 2.45) is 0 Å². The molecule has 0 saturated carbocycles. The molecule has 0 aromatic heterocycles. The van der Waals surface area contributed by atoms with Crippen LogP contribution in [0, 0.1) is 84.9 Å². The Balaban J connectivity index is -0.000000111. The molecule has 0 heterocycles. The van der Waals surface area contributed by atoms with Crippen molar-refractivity contribution in [3.63, 3.8) is 0 Å². The van der Waals surface area contributed by atoms with Crippen LogP contribution < -0.4 is 0 Å². The normalized spacial score (nSPS) is 8.15. The maximum absolute atomic E-state index is 9.08. The van der Waals surface area contributed by atoms with E-state index in [-0.39, 0.29) is 202 Å². The van der Waals surface area contributed by atoms with Crippen molar-refractivity contribution < 1.29 is 222 Å². The molecule has 5 rings (SSSR count). The Bertz CT molecular complexity index is 1350. The molecule has 0 fully saturated rings. The minimum Gasteiger partial charge on any atom is -0.565 e. The van der Waals surface area contributed by atoms with Gasteiger partial charge in [-0.1, -0.05) is 41.5 Å². The molecule has 0 bridgehead atoms. The molecule has 0 spiro atoms. The van der Waals surface area contributed by atoms with Gasteiger partial charge in [-0.15, -0.1) is 59.2 Å². The maximum atomic E-state index is 9.08. The fourth-order valence-corrected chi connectivity index (χ4v) is 2.80. The molecule has 0 unspecified atom stereocenters. The zero-order valence-corrected chi connectivity index (χ0v) is 45.7. The summed E-state index contributed by atoms with van der Waals surface area (Å²) in [6, 6.07) is 37.4. The summed E-state index contributed by atoms with van der Waals surface area (Å²) in [5, 5.41) is 44.8.